The van der Waals surface area contributed by atoms with E-state index in [0.717, 1.165) is 0 Å². The topological polar surface area (TPSA) is 12.4 Å². The number of allylic oxidation sites excluding steroid dienone is 2. The molecule has 1 aliphatic heterocycles. The molecule has 1 aliphatic rings. The van der Waals surface area contributed by atoms with Crippen LogP contribution < -0.4 is 0 Å². The second-order valence-corrected chi connectivity index (χ2v) is 3.92. The van der Waals surface area contributed by atoms with Gasteiger partial charge in [0.05, 0.1) is 0 Å². The third-order valence-corrected chi connectivity index (χ3v) is 1.94. The molecule has 54 valence electrons. The van der Waals surface area contributed by atoms with Crippen LogP contribution in [0.2, 0.25) is 0 Å². The van der Waals surface area contributed by atoms with Crippen LogP contribution in [0.4, 0.5) is 0 Å². The van der Waals surface area contributed by atoms with E-state index in [1.54, 1.807) is 0 Å². The summed E-state index contributed by atoms with van der Waals surface area (Å²) in [5.74, 6) is 2.84. The molecule has 0 bridgehead atoms. The van der Waals surface area contributed by atoms with Gasteiger partial charge in [-0.3, -0.25) is 0 Å². The van der Waals surface area contributed by atoms with Gasteiger partial charge in [-0.05, 0) is 22.3 Å². The minimum absolute atomic E-state index is 0.232. The number of rotatable bonds is 0. The van der Waals surface area contributed by atoms with Crippen molar-refractivity contribution in [2.75, 3.05) is 0 Å². The van der Waals surface area contributed by atoms with Crippen LogP contribution in [0.15, 0.2) is 21.5 Å². The molecule has 2 heteroatoms. The lowest BCUT2D eigenvalue weighted by Gasteiger charge is -2.19. The van der Waals surface area contributed by atoms with E-state index < -0.39 is 0 Å². The SMILES string of the molecule is CC(C)(C)C1=CSN=C=C1. The van der Waals surface area contributed by atoms with E-state index in [0.29, 0.717) is 0 Å². The Bertz CT molecular complexity index is 214. The predicted octanol–water partition coefficient (Wildman–Crippen LogP) is 2.80. The molecule has 0 atom stereocenters. The Balaban J connectivity index is 2.85. The summed E-state index contributed by atoms with van der Waals surface area (Å²) in [4.78, 5) is 0. The maximum atomic E-state index is 3.88. The maximum absolute atomic E-state index is 3.88. The first-order valence-corrected chi connectivity index (χ1v) is 4.09. The average molecular weight is 153 g/mol. The zero-order valence-corrected chi connectivity index (χ0v) is 7.33. The van der Waals surface area contributed by atoms with Crippen LogP contribution in [-0.4, -0.2) is 5.87 Å². The normalized spacial score (nSPS) is 17.3. The van der Waals surface area contributed by atoms with Gasteiger partial charge in [0, 0.05) is 18.0 Å². The molecular formula is C8H11NS. The third-order valence-electron chi connectivity index (χ3n) is 1.37. The highest BCUT2D eigenvalue weighted by atomic mass is 32.2. The number of hydrogen-bond donors (Lipinski definition) is 0. The molecule has 10 heavy (non-hydrogen) atoms. The van der Waals surface area contributed by atoms with Crippen molar-refractivity contribution in [3.63, 3.8) is 0 Å². The summed E-state index contributed by atoms with van der Waals surface area (Å²) in [6, 6.07) is 0. The van der Waals surface area contributed by atoms with E-state index >= 15 is 0 Å². The predicted molar refractivity (Wildman–Crippen MR) is 47.1 cm³/mol. The van der Waals surface area contributed by atoms with E-state index in [4.69, 9.17) is 0 Å². The number of hydrogen-bond acceptors (Lipinski definition) is 2. The van der Waals surface area contributed by atoms with Crippen LogP contribution in [0.3, 0.4) is 0 Å². The van der Waals surface area contributed by atoms with Gasteiger partial charge in [-0.2, -0.15) is 4.40 Å². The molecule has 1 rings (SSSR count). The largest absolute Gasteiger partial charge is 0.169 e. The summed E-state index contributed by atoms with van der Waals surface area (Å²) in [6.07, 6.45) is 1.94. The van der Waals surface area contributed by atoms with E-state index in [-0.39, 0.29) is 5.41 Å². The quantitative estimate of drug-likeness (QED) is 0.487. The van der Waals surface area contributed by atoms with Gasteiger partial charge < -0.3 is 0 Å². The standard InChI is InChI=1S/C8H11NS/c1-8(2,3)7-4-5-9-10-6-7/h4,6H,1-3H3. The van der Waals surface area contributed by atoms with Gasteiger partial charge in [-0.25, -0.2) is 0 Å². The first kappa shape index (κ1) is 7.64. The third kappa shape index (κ3) is 1.76. The fraction of sp³-hybridized carbons (Fsp3) is 0.500. The average Bonchev–Trinajstić information content (AvgIpc) is 1.88. The summed E-state index contributed by atoms with van der Waals surface area (Å²) < 4.78 is 3.88. The molecule has 0 aromatic carbocycles. The molecule has 0 fully saturated rings. The van der Waals surface area contributed by atoms with Gasteiger partial charge in [0.1, 0.15) is 0 Å². The summed E-state index contributed by atoms with van der Waals surface area (Å²) in [7, 11) is 0. The second kappa shape index (κ2) is 2.65. The van der Waals surface area contributed by atoms with Crippen molar-refractivity contribution in [2.24, 2.45) is 9.81 Å². The summed E-state index contributed by atoms with van der Waals surface area (Å²) in [5, 5.41) is 2.07. The lowest BCUT2D eigenvalue weighted by molar-refractivity contribution is 0.519. The van der Waals surface area contributed by atoms with Crippen LogP contribution in [0, 0.1) is 5.41 Å². The van der Waals surface area contributed by atoms with Gasteiger partial charge in [-0.1, -0.05) is 20.8 Å². The first-order valence-electron chi connectivity index (χ1n) is 3.26. The van der Waals surface area contributed by atoms with E-state index in [1.807, 2.05) is 6.08 Å². The molecule has 1 heterocycles. The van der Waals surface area contributed by atoms with Gasteiger partial charge in [-0.15, -0.1) is 0 Å². The van der Waals surface area contributed by atoms with E-state index in [1.165, 1.54) is 17.5 Å². The van der Waals surface area contributed by atoms with Gasteiger partial charge in [0.15, 0.2) is 0 Å². The van der Waals surface area contributed by atoms with Crippen molar-refractivity contribution in [1.82, 2.24) is 0 Å². The van der Waals surface area contributed by atoms with Crippen LogP contribution in [-0.2, 0) is 0 Å². The van der Waals surface area contributed by atoms with E-state index in [2.05, 4.69) is 36.4 Å². The Morgan fingerprint density at radius 2 is 2.20 bits per heavy atom. The number of nitrogens with zero attached hydrogens (tertiary/aromatic N) is 1. The van der Waals surface area contributed by atoms with E-state index in [9.17, 15) is 0 Å². The molecule has 0 radical (unpaired) electrons. The monoisotopic (exact) mass is 153 g/mol. The summed E-state index contributed by atoms with van der Waals surface area (Å²) >= 11 is 1.45. The van der Waals surface area contributed by atoms with Crippen LogP contribution >= 0.6 is 11.9 Å². The van der Waals surface area contributed by atoms with Crippen molar-refractivity contribution in [1.29, 1.82) is 0 Å². The minimum Gasteiger partial charge on any atom is -0.169 e. The van der Waals surface area contributed by atoms with Gasteiger partial charge >= 0.3 is 0 Å². The molecule has 0 unspecified atom stereocenters. The first-order chi connectivity index (χ1) is 4.61. The molecule has 0 aromatic rings. The highest BCUT2D eigenvalue weighted by Gasteiger charge is 2.15. The van der Waals surface area contributed by atoms with Crippen molar-refractivity contribution in [3.8, 4) is 0 Å². The van der Waals surface area contributed by atoms with Crippen LogP contribution in [0.1, 0.15) is 20.8 Å². The van der Waals surface area contributed by atoms with Gasteiger partial charge in [0.2, 0.25) is 0 Å². The Hall–Kier alpha value is -0.460. The molecule has 0 aromatic heterocycles. The highest BCUT2D eigenvalue weighted by molar-refractivity contribution is 8.01. The molecule has 0 saturated carbocycles. The molecule has 0 saturated heterocycles. The minimum atomic E-state index is 0.232. The summed E-state index contributed by atoms with van der Waals surface area (Å²) in [6.45, 7) is 6.55. The molecule has 1 nitrogen and oxygen atoms in total. The zero-order valence-electron chi connectivity index (χ0n) is 6.51. The highest BCUT2D eigenvalue weighted by Crippen LogP contribution is 2.29. The fourth-order valence-corrected chi connectivity index (χ4v) is 1.34. The summed E-state index contributed by atoms with van der Waals surface area (Å²) in [5.41, 5.74) is 1.53. The van der Waals surface area contributed by atoms with Gasteiger partial charge in [0.25, 0.3) is 0 Å². The van der Waals surface area contributed by atoms with Crippen molar-refractivity contribution in [2.45, 2.75) is 20.8 Å². The molecule has 0 spiro atoms. The van der Waals surface area contributed by atoms with Crippen LogP contribution in [0.5, 0.6) is 0 Å². The molecule has 0 amide bonds. The lowest BCUT2D eigenvalue weighted by atomic mass is 9.88. The van der Waals surface area contributed by atoms with Crippen molar-refractivity contribution in [3.05, 3.63) is 17.1 Å². The fourth-order valence-electron chi connectivity index (χ4n) is 0.637. The zero-order chi connectivity index (χ0) is 7.61. The molecule has 0 N–H and O–H groups in total. The van der Waals surface area contributed by atoms with Crippen LogP contribution in [0.25, 0.3) is 0 Å². The maximum Gasteiger partial charge on any atom is 0.0130 e. The Morgan fingerprint density at radius 3 is 2.50 bits per heavy atom. The Labute approximate surface area is 66.1 Å². The smallest absolute Gasteiger partial charge is 0.0130 e. The van der Waals surface area contributed by atoms with Crippen molar-refractivity contribution < 1.29 is 0 Å². The second-order valence-electron chi connectivity index (χ2n) is 3.29. The molecule has 0 aliphatic carbocycles. The lowest BCUT2D eigenvalue weighted by Crippen LogP contribution is -2.07. The molecular weight excluding hydrogens is 142 g/mol. The van der Waals surface area contributed by atoms with Crippen molar-refractivity contribution >= 4 is 17.8 Å². The Kier molecular flexibility index (Phi) is 2.02. The Morgan fingerprint density at radius 1 is 1.50 bits per heavy atom.